The Hall–Kier alpha value is -0.740. The van der Waals surface area contributed by atoms with E-state index in [4.69, 9.17) is 0 Å². The van der Waals surface area contributed by atoms with Crippen LogP contribution in [0.3, 0.4) is 0 Å². The maximum atomic E-state index is 12.4. The van der Waals surface area contributed by atoms with Gasteiger partial charge in [-0.2, -0.15) is 0 Å². The number of hydrogen-bond acceptors (Lipinski definition) is 4. The molecule has 1 saturated heterocycles. The Morgan fingerprint density at radius 1 is 1.11 bits per heavy atom. The summed E-state index contributed by atoms with van der Waals surface area (Å²) in [4.78, 5) is 26.8. The summed E-state index contributed by atoms with van der Waals surface area (Å²) in [5.41, 5.74) is 0. The molecule has 0 radical (unpaired) electrons. The van der Waals surface area contributed by atoms with E-state index >= 15 is 0 Å². The Kier molecular flexibility index (Phi) is 6.14. The molecule has 1 rings (SSSR count). The minimum absolute atomic E-state index is 0.0128. The molecule has 0 spiro atoms. The van der Waals surface area contributed by atoms with Crippen molar-refractivity contribution in [2.45, 2.75) is 52.6 Å². The van der Waals surface area contributed by atoms with E-state index in [0.717, 1.165) is 25.9 Å². The van der Waals surface area contributed by atoms with Crippen molar-refractivity contribution in [3.8, 4) is 0 Å². The first-order valence-electron chi connectivity index (χ1n) is 7.37. The molecular weight excluding hydrogens is 240 g/mol. The van der Waals surface area contributed by atoms with Crippen LogP contribution >= 0.6 is 0 Å². The molecule has 1 N–H and O–H groups in total. The van der Waals surface area contributed by atoms with Gasteiger partial charge in [0.15, 0.2) is 5.78 Å². The van der Waals surface area contributed by atoms with Crippen molar-refractivity contribution in [1.29, 1.82) is 0 Å². The molecule has 0 aliphatic carbocycles. The van der Waals surface area contributed by atoms with Crippen LogP contribution in [0.15, 0.2) is 0 Å². The van der Waals surface area contributed by atoms with E-state index < -0.39 is 5.92 Å². The summed E-state index contributed by atoms with van der Waals surface area (Å²) in [6.45, 7) is 9.87. The van der Waals surface area contributed by atoms with Gasteiger partial charge in [-0.15, -0.1) is 0 Å². The number of Topliss-reactive ketones (excluding diaryl/α,β-unsaturated/α-hetero) is 2. The zero-order chi connectivity index (χ0) is 14.6. The highest BCUT2D eigenvalue weighted by Gasteiger charge is 2.33. The molecule has 1 heterocycles. The molecule has 4 heteroatoms. The van der Waals surface area contributed by atoms with Crippen LogP contribution in [-0.4, -0.2) is 48.7 Å². The molecule has 1 fully saturated rings. The Morgan fingerprint density at radius 3 is 2.05 bits per heavy atom. The largest absolute Gasteiger partial charge is 0.311 e. The van der Waals surface area contributed by atoms with Gasteiger partial charge in [-0.25, -0.2) is 0 Å². The van der Waals surface area contributed by atoms with E-state index in [1.807, 2.05) is 6.92 Å². The minimum atomic E-state index is -0.474. The Labute approximate surface area is 116 Å². The number of carbonyl (C=O) groups is 2. The summed E-state index contributed by atoms with van der Waals surface area (Å²) in [6, 6.07) is 0.300. The van der Waals surface area contributed by atoms with Crippen molar-refractivity contribution in [3.05, 3.63) is 0 Å². The average molecular weight is 268 g/mol. The number of nitrogens with one attached hydrogen (secondary N) is 1. The molecular formula is C15H28N2O2. The maximum Gasteiger partial charge on any atom is 0.159 e. The Bertz CT molecular complexity index is 320. The minimum Gasteiger partial charge on any atom is -0.311 e. The van der Waals surface area contributed by atoms with E-state index in [0.29, 0.717) is 6.04 Å². The van der Waals surface area contributed by atoms with E-state index in [-0.39, 0.29) is 23.5 Å². The van der Waals surface area contributed by atoms with Crippen molar-refractivity contribution >= 4 is 11.6 Å². The van der Waals surface area contributed by atoms with Gasteiger partial charge in [0.1, 0.15) is 5.78 Å². The van der Waals surface area contributed by atoms with Crippen LogP contribution in [0.5, 0.6) is 0 Å². The third-order valence-corrected chi connectivity index (χ3v) is 4.38. The monoisotopic (exact) mass is 268 g/mol. The standard InChI is InChI=1S/C15H28N2O2/c1-10(2)17-8-6-13(7-9-17)15(19)11(3)14(18)12(4)16-5/h10-13,16H,6-9H2,1-5H3. The van der Waals surface area contributed by atoms with Crippen molar-refractivity contribution in [2.24, 2.45) is 11.8 Å². The Balaban J connectivity index is 2.53. The predicted molar refractivity (Wildman–Crippen MR) is 77.1 cm³/mol. The highest BCUT2D eigenvalue weighted by atomic mass is 16.2. The number of likely N-dealkylation sites (tertiary alicyclic amines) is 1. The van der Waals surface area contributed by atoms with Gasteiger partial charge in [-0.05, 0) is 60.7 Å². The van der Waals surface area contributed by atoms with E-state index in [9.17, 15) is 9.59 Å². The fourth-order valence-electron chi connectivity index (χ4n) is 2.71. The molecule has 2 atom stereocenters. The Morgan fingerprint density at radius 2 is 1.63 bits per heavy atom. The number of rotatable bonds is 6. The van der Waals surface area contributed by atoms with Crippen LogP contribution < -0.4 is 5.32 Å². The summed E-state index contributed by atoms with van der Waals surface area (Å²) >= 11 is 0. The summed E-state index contributed by atoms with van der Waals surface area (Å²) in [5.74, 6) is -0.259. The summed E-state index contributed by atoms with van der Waals surface area (Å²) < 4.78 is 0. The SMILES string of the molecule is CNC(C)C(=O)C(C)C(=O)C1CCN(C(C)C)CC1. The van der Waals surface area contributed by atoms with Crippen LogP contribution in [0.25, 0.3) is 0 Å². The molecule has 0 amide bonds. The number of carbonyl (C=O) groups excluding carboxylic acids is 2. The first-order valence-corrected chi connectivity index (χ1v) is 7.37. The molecule has 0 aromatic carbocycles. The van der Waals surface area contributed by atoms with Crippen molar-refractivity contribution in [1.82, 2.24) is 10.2 Å². The second-order valence-corrected chi connectivity index (χ2v) is 5.94. The summed E-state index contributed by atoms with van der Waals surface area (Å²) in [6.07, 6.45) is 1.78. The third kappa shape index (κ3) is 4.11. The fraction of sp³-hybridized carbons (Fsp3) is 0.867. The van der Waals surface area contributed by atoms with E-state index in [1.165, 1.54) is 0 Å². The van der Waals surface area contributed by atoms with Gasteiger partial charge in [0.25, 0.3) is 0 Å². The van der Waals surface area contributed by atoms with E-state index in [2.05, 4.69) is 24.1 Å². The molecule has 110 valence electrons. The van der Waals surface area contributed by atoms with Crippen molar-refractivity contribution in [2.75, 3.05) is 20.1 Å². The molecule has 19 heavy (non-hydrogen) atoms. The molecule has 4 nitrogen and oxygen atoms in total. The lowest BCUT2D eigenvalue weighted by Gasteiger charge is -2.34. The van der Waals surface area contributed by atoms with Gasteiger partial charge in [-0.1, -0.05) is 0 Å². The first-order chi connectivity index (χ1) is 8.88. The van der Waals surface area contributed by atoms with Crippen molar-refractivity contribution in [3.63, 3.8) is 0 Å². The predicted octanol–water partition coefficient (Wildman–Crippen LogP) is 1.49. The van der Waals surface area contributed by atoms with E-state index in [1.54, 1.807) is 14.0 Å². The number of hydrogen-bond donors (Lipinski definition) is 1. The molecule has 1 aliphatic heterocycles. The molecule has 0 bridgehead atoms. The summed E-state index contributed by atoms with van der Waals surface area (Å²) in [5, 5.41) is 2.92. The topological polar surface area (TPSA) is 49.4 Å². The zero-order valence-electron chi connectivity index (χ0n) is 12.9. The fourth-order valence-corrected chi connectivity index (χ4v) is 2.71. The molecule has 0 saturated carbocycles. The summed E-state index contributed by atoms with van der Waals surface area (Å²) in [7, 11) is 1.75. The quantitative estimate of drug-likeness (QED) is 0.742. The van der Waals surface area contributed by atoms with Gasteiger partial charge >= 0.3 is 0 Å². The maximum absolute atomic E-state index is 12.4. The van der Waals surface area contributed by atoms with Crippen LogP contribution in [0, 0.1) is 11.8 Å². The number of likely N-dealkylation sites (N-methyl/N-ethyl adjacent to an activating group) is 1. The molecule has 0 aromatic heterocycles. The van der Waals surface area contributed by atoms with Crippen LogP contribution in [0.4, 0.5) is 0 Å². The lowest BCUT2D eigenvalue weighted by Crippen LogP contribution is -2.44. The van der Waals surface area contributed by atoms with Crippen LogP contribution in [0.2, 0.25) is 0 Å². The number of piperidine rings is 1. The van der Waals surface area contributed by atoms with Gasteiger partial charge in [0.2, 0.25) is 0 Å². The third-order valence-electron chi connectivity index (χ3n) is 4.38. The van der Waals surface area contributed by atoms with Crippen LogP contribution in [-0.2, 0) is 9.59 Å². The van der Waals surface area contributed by atoms with Gasteiger partial charge < -0.3 is 10.2 Å². The smallest absolute Gasteiger partial charge is 0.159 e. The normalized spacial score (nSPS) is 21.4. The van der Waals surface area contributed by atoms with Crippen molar-refractivity contribution < 1.29 is 9.59 Å². The lowest BCUT2D eigenvalue weighted by molar-refractivity contribution is -0.136. The second kappa shape index (κ2) is 7.15. The molecule has 0 aromatic rings. The molecule has 1 aliphatic rings. The highest BCUT2D eigenvalue weighted by molar-refractivity contribution is 6.05. The second-order valence-electron chi connectivity index (χ2n) is 5.94. The van der Waals surface area contributed by atoms with Gasteiger partial charge in [0.05, 0.1) is 12.0 Å². The van der Waals surface area contributed by atoms with Gasteiger partial charge in [0, 0.05) is 12.0 Å². The highest BCUT2D eigenvalue weighted by Crippen LogP contribution is 2.23. The number of ketones is 2. The first kappa shape index (κ1) is 16.3. The zero-order valence-corrected chi connectivity index (χ0v) is 12.9. The van der Waals surface area contributed by atoms with Gasteiger partial charge in [-0.3, -0.25) is 9.59 Å². The molecule has 2 unspecified atom stereocenters. The van der Waals surface area contributed by atoms with Crippen LogP contribution in [0.1, 0.15) is 40.5 Å². The average Bonchev–Trinajstić information content (AvgIpc) is 2.44. The number of nitrogens with zero attached hydrogens (tertiary/aromatic N) is 1. The lowest BCUT2D eigenvalue weighted by atomic mass is 9.83.